The fourth-order valence-electron chi connectivity index (χ4n) is 2.78. The molecular formula is C31H24ClF12NO2. The smallest absolute Gasteiger partial charge is 0.307 e. The molecule has 16 heteroatoms. The minimum absolute atomic E-state index is 0. The molecule has 0 fully saturated rings. The summed E-state index contributed by atoms with van der Waals surface area (Å²) in [6.07, 6.45) is -0.925. The van der Waals surface area contributed by atoms with Crippen molar-refractivity contribution in [3.63, 3.8) is 0 Å². The number of alkyl halides is 1. The Balaban J connectivity index is 0. The molecule has 4 aromatic carbocycles. The summed E-state index contributed by atoms with van der Waals surface area (Å²) in [5, 5.41) is 16.4. The predicted octanol–water partition coefficient (Wildman–Crippen LogP) is 10.1. The van der Waals surface area contributed by atoms with Gasteiger partial charge in [-0.25, -0.2) is 52.7 Å². The minimum Gasteiger partial charge on any atom is -0.481 e. The fraction of sp³-hybridized carbons (Fsp3) is 0.161. The number of carbonyl (C=O) groups is 1. The number of hydrogen-bond acceptors (Lipinski definition) is 2. The first-order chi connectivity index (χ1) is 21.0. The first kappa shape index (κ1) is 44.4. The number of aliphatic carboxylic acids is 1. The lowest BCUT2D eigenvalue weighted by Crippen LogP contribution is -2.04. The summed E-state index contributed by atoms with van der Waals surface area (Å²) in [5.74, 6) is -14.4. The van der Waals surface area contributed by atoms with E-state index in [1.165, 1.54) is 0 Å². The maximum atomic E-state index is 12.7. The van der Waals surface area contributed by atoms with Crippen LogP contribution in [-0.2, 0) is 23.5 Å². The van der Waals surface area contributed by atoms with Gasteiger partial charge < -0.3 is 5.11 Å². The van der Waals surface area contributed by atoms with Crippen LogP contribution in [0.5, 0.6) is 0 Å². The van der Waals surface area contributed by atoms with Crippen LogP contribution in [-0.4, -0.2) is 11.1 Å². The summed E-state index contributed by atoms with van der Waals surface area (Å²) >= 11 is 5.23. The van der Waals surface area contributed by atoms with Crippen LogP contribution >= 0.6 is 11.6 Å². The average molecular weight is 706 g/mol. The lowest BCUT2D eigenvalue weighted by molar-refractivity contribution is -0.136. The highest BCUT2D eigenvalue weighted by Crippen LogP contribution is 2.16. The van der Waals surface area contributed by atoms with Crippen molar-refractivity contribution in [2.45, 2.75) is 33.6 Å². The molecule has 0 saturated carbocycles. The van der Waals surface area contributed by atoms with Gasteiger partial charge in [-0.15, -0.1) is 11.6 Å². The number of rotatable bonds is 4. The van der Waals surface area contributed by atoms with Gasteiger partial charge in [0.25, 0.3) is 0 Å². The van der Waals surface area contributed by atoms with Crippen LogP contribution in [0.25, 0.3) is 0 Å². The molecule has 1 N–H and O–H groups in total. The summed E-state index contributed by atoms with van der Waals surface area (Å²) in [7, 11) is 0. The average Bonchev–Trinajstić information content (AvgIpc) is 2.95. The Labute approximate surface area is 266 Å². The second-order valence-electron chi connectivity index (χ2n) is 8.17. The van der Waals surface area contributed by atoms with Crippen molar-refractivity contribution in [3.8, 4) is 6.07 Å². The normalized spacial score (nSPS) is 9.45. The van der Waals surface area contributed by atoms with Gasteiger partial charge in [0.2, 0.25) is 0 Å². The van der Waals surface area contributed by atoms with E-state index in [1.807, 2.05) is 0 Å². The third kappa shape index (κ3) is 15.0. The van der Waals surface area contributed by atoms with Gasteiger partial charge in [0.1, 0.15) is 23.3 Å². The van der Waals surface area contributed by atoms with Crippen molar-refractivity contribution in [1.29, 1.82) is 5.26 Å². The molecule has 4 aromatic rings. The van der Waals surface area contributed by atoms with Gasteiger partial charge in [-0.05, 0) is 30.3 Å². The van der Waals surface area contributed by atoms with E-state index in [0.29, 0.717) is 36.4 Å². The molecule has 0 saturated heterocycles. The number of halogens is 13. The van der Waals surface area contributed by atoms with Gasteiger partial charge in [0.05, 0.1) is 24.8 Å². The van der Waals surface area contributed by atoms with Gasteiger partial charge in [0, 0.05) is 41.0 Å². The molecule has 3 nitrogen and oxygen atoms in total. The molecule has 0 aromatic heterocycles. The zero-order valence-electron chi connectivity index (χ0n) is 22.0. The SMILES string of the molecule is C.C.Fc1cc(F)c(CCl)cc1F.Fc1ccc(F)c(F)c1.N#CCc1cc(F)c(F)cc1F.O=C(O)Cc1cc(F)c(F)cc1F. The summed E-state index contributed by atoms with van der Waals surface area (Å²) in [5.41, 5.74) is -0.534. The molecule has 0 bridgehead atoms. The van der Waals surface area contributed by atoms with Crippen LogP contribution in [0.15, 0.2) is 54.6 Å². The molecule has 0 amide bonds. The highest BCUT2D eigenvalue weighted by Gasteiger charge is 2.12. The van der Waals surface area contributed by atoms with Crippen molar-refractivity contribution in [1.82, 2.24) is 0 Å². The first-order valence-corrected chi connectivity index (χ1v) is 12.2. The van der Waals surface area contributed by atoms with E-state index in [1.54, 1.807) is 6.07 Å². The van der Waals surface area contributed by atoms with Crippen LogP contribution < -0.4 is 0 Å². The Bertz CT molecular complexity index is 1680. The number of nitrogens with zero attached hydrogens (tertiary/aromatic N) is 1. The van der Waals surface area contributed by atoms with Crippen molar-refractivity contribution in [3.05, 3.63) is 141 Å². The summed E-state index contributed by atoms with van der Waals surface area (Å²) < 4.78 is 148. The molecule has 47 heavy (non-hydrogen) atoms. The molecule has 0 unspecified atom stereocenters. The topological polar surface area (TPSA) is 61.1 Å². The van der Waals surface area contributed by atoms with Crippen LogP contribution in [0, 0.1) is 81.1 Å². The van der Waals surface area contributed by atoms with Crippen LogP contribution in [0.4, 0.5) is 52.7 Å². The molecule has 0 spiro atoms. The second-order valence-corrected chi connectivity index (χ2v) is 8.44. The van der Waals surface area contributed by atoms with Gasteiger partial charge >= 0.3 is 5.97 Å². The number of hydrogen-bond donors (Lipinski definition) is 1. The van der Waals surface area contributed by atoms with Gasteiger partial charge in [0.15, 0.2) is 46.5 Å². The highest BCUT2D eigenvalue weighted by molar-refractivity contribution is 6.17. The van der Waals surface area contributed by atoms with E-state index in [0.717, 1.165) is 18.2 Å². The summed E-state index contributed by atoms with van der Waals surface area (Å²) in [6, 6.07) is 6.95. The summed E-state index contributed by atoms with van der Waals surface area (Å²) in [6.45, 7) is 0. The van der Waals surface area contributed by atoms with Gasteiger partial charge in [-0.3, -0.25) is 4.79 Å². The lowest BCUT2D eigenvalue weighted by atomic mass is 10.1. The highest BCUT2D eigenvalue weighted by atomic mass is 35.5. The Morgan fingerprint density at radius 2 is 0.915 bits per heavy atom. The van der Waals surface area contributed by atoms with Crippen molar-refractivity contribution in [2.24, 2.45) is 0 Å². The zero-order valence-corrected chi connectivity index (χ0v) is 22.8. The third-order valence-electron chi connectivity index (χ3n) is 4.90. The lowest BCUT2D eigenvalue weighted by Gasteiger charge is -2.00. The maximum Gasteiger partial charge on any atom is 0.307 e. The Morgan fingerprint density at radius 3 is 1.30 bits per heavy atom. The zero-order chi connectivity index (χ0) is 34.4. The molecule has 4 rings (SSSR count). The first-order valence-electron chi connectivity index (χ1n) is 11.7. The van der Waals surface area contributed by atoms with Crippen molar-refractivity contribution < 1.29 is 62.6 Å². The molecule has 0 aliphatic carbocycles. The van der Waals surface area contributed by atoms with Crippen molar-refractivity contribution in [2.75, 3.05) is 0 Å². The van der Waals surface area contributed by atoms with E-state index < -0.39 is 82.2 Å². The van der Waals surface area contributed by atoms with Crippen molar-refractivity contribution >= 4 is 17.6 Å². The van der Waals surface area contributed by atoms with E-state index in [4.69, 9.17) is 22.0 Å². The van der Waals surface area contributed by atoms with Crippen LogP contribution in [0.2, 0.25) is 0 Å². The molecule has 0 heterocycles. The Hall–Kier alpha value is -4.71. The largest absolute Gasteiger partial charge is 0.481 e. The van der Waals surface area contributed by atoms with Crippen LogP contribution in [0.3, 0.4) is 0 Å². The van der Waals surface area contributed by atoms with Gasteiger partial charge in [-0.1, -0.05) is 14.9 Å². The number of benzene rings is 4. The molecule has 256 valence electrons. The second kappa shape index (κ2) is 21.2. The summed E-state index contributed by atoms with van der Waals surface area (Å²) in [4.78, 5) is 10.1. The number of carboxylic acids is 1. The molecule has 0 atom stereocenters. The molecular weight excluding hydrogens is 682 g/mol. The quantitative estimate of drug-likeness (QED) is 0.131. The molecule has 0 aliphatic heterocycles. The fourth-order valence-corrected chi connectivity index (χ4v) is 2.99. The molecule has 0 radical (unpaired) electrons. The number of nitriles is 1. The third-order valence-corrected chi connectivity index (χ3v) is 5.19. The van der Waals surface area contributed by atoms with E-state index in [2.05, 4.69) is 0 Å². The number of carboxylic acid groups (broad SMARTS) is 1. The van der Waals surface area contributed by atoms with E-state index in [9.17, 15) is 57.5 Å². The van der Waals surface area contributed by atoms with Gasteiger partial charge in [-0.2, -0.15) is 5.26 Å². The Morgan fingerprint density at radius 1 is 0.553 bits per heavy atom. The maximum absolute atomic E-state index is 12.7. The van der Waals surface area contributed by atoms with Crippen LogP contribution in [0.1, 0.15) is 31.5 Å². The minimum atomic E-state index is -1.33. The van der Waals surface area contributed by atoms with E-state index in [-0.39, 0.29) is 43.8 Å². The standard InChI is InChI=1S/C8H4F3N.C8H5F3O2.C7H4ClF3.C6H3F3.2CH4/c9-6-4-8(11)7(10)3-5(6)1-2-12;9-5-3-7(11)6(10)1-4(5)2-8(12)13;8-3-4-1-6(10)7(11)2-5(4)9;7-4-1-2-5(8)6(9)3-4;;/h3-4H,1H2;1,3H,2H2,(H,12,13);1-2H,3H2;1-3H;2*1H4. The predicted molar refractivity (Wildman–Crippen MR) is 149 cm³/mol. The molecule has 0 aliphatic rings. The Kier molecular flexibility index (Phi) is 20.0. The van der Waals surface area contributed by atoms with E-state index >= 15 is 0 Å². The monoisotopic (exact) mass is 705 g/mol.